The van der Waals surface area contributed by atoms with Crippen LogP contribution in [0.15, 0.2) is 58.5 Å². The van der Waals surface area contributed by atoms with Crippen molar-refractivity contribution in [2.24, 2.45) is 15.4 Å². The number of carbonyl (C=O) groups is 1. The van der Waals surface area contributed by atoms with Gasteiger partial charge in [0.05, 0.1) is 31.2 Å². The highest BCUT2D eigenvalue weighted by Crippen LogP contribution is 2.18. The predicted octanol–water partition coefficient (Wildman–Crippen LogP) is 4.31. The van der Waals surface area contributed by atoms with Gasteiger partial charge in [0, 0.05) is 11.8 Å². The fraction of sp³-hybridized carbons (Fsp3) is 0.423. The normalized spacial score (nSPS) is 12.8. The van der Waals surface area contributed by atoms with Gasteiger partial charge in [0.2, 0.25) is 12.2 Å². The lowest BCUT2D eigenvalue weighted by molar-refractivity contribution is -0.142. The Kier molecular flexibility index (Phi) is 13.7. The third kappa shape index (κ3) is 12.6. The molecule has 0 unspecified atom stereocenters. The van der Waals surface area contributed by atoms with Crippen molar-refractivity contribution in [3.8, 4) is 0 Å². The zero-order chi connectivity index (χ0) is 25.2. The molecule has 1 aliphatic heterocycles. The van der Waals surface area contributed by atoms with Crippen LogP contribution in [-0.2, 0) is 25.5 Å². The Hall–Kier alpha value is -3.41. The number of esters is 1. The van der Waals surface area contributed by atoms with Gasteiger partial charge in [0.15, 0.2) is 0 Å². The summed E-state index contributed by atoms with van der Waals surface area (Å²) in [5.41, 5.74) is 3.09. The maximum Gasteiger partial charge on any atom is 0.305 e. The highest BCUT2D eigenvalue weighted by atomic mass is 16.5. The van der Waals surface area contributed by atoms with Crippen molar-refractivity contribution in [3.63, 3.8) is 0 Å². The molecule has 0 aliphatic carbocycles. The van der Waals surface area contributed by atoms with E-state index >= 15 is 0 Å². The predicted molar refractivity (Wildman–Crippen MR) is 129 cm³/mol. The molecule has 8 heteroatoms. The maximum atomic E-state index is 10.5. The minimum absolute atomic E-state index is 0.0255. The molecule has 3 rings (SSSR count). The Morgan fingerprint density at radius 2 is 1.29 bits per heavy atom. The molecular weight excluding hydrogens is 436 g/mol. The average Bonchev–Trinajstić information content (AvgIpc) is 3.10. The summed E-state index contributed by atoms with van der Waals surface area (Å²) in [6, 6.07) is 14.7. The fourth-order valence-electron chi connectivity index (χ4n) is 2.57. The van der Waals surface area contributed by atoms with Crippen molar-refractivity contribution < 1.29 is 29.3 Å². The Balaban J connectivity index is 0.000000317. The number of ether oxygens (including phenoxy) is 1. The van der Waals surface area contributed by atoms with Crippen molar-refractivity contribution in [3.05, 3.63) is 59.7 Å². The molecule has 0 bridgehead atoms. The molecule has 1 fully saturated rings. The van der Waals surface area contributed by atoms with Gasteiger partial charge in [-0.25, -0.2) is 9.59 Å². The molecule has 1 heterocycles. The number of aliphatic imine (C=N–C) groups is 2. The zero-order valence-electron chi connectivity index (χ0n) is 19.7. The largest absolute Gasteiger partial charge is 0.466 e. The maximum absolute atomic E-state index is 10.5. The van der Waals surface area contributed by atoms with Crippen LogP contribution in [0.4, 0.5) is 11.4 Å². The van der Waals surface area contributed by atoms with Gasteiger partial charge in [0.25, 0.3) is 0 Å². The van der Waals surface area contributed by atoms with Gasteiger partial charge in [-0.3, -0.25) is 4.79 Å². The van der Waals surface area contributed by atoms with Gasteiger partial charge < -0.3 is 14.9 Å². The molecule has 8 nitrogen and oxygen atoms in total. The second-order valence-corrected chi connectivity index (χ2v) is 8.43. The number of isocyanates is 2. The van der Waals surface area contributed by atoms with Crippen LogP contribution >= 0.6 is 0 Å². The zero-order valence-corrected chi connectivity index (χ0v) is 19.7. The first-order valence-corrected chi connectivity index (χ1v) is 11.0. The van der Waals surface area contributed by atoms with Crippen LogP contribution in [0.3, 0.4) is 0 Å². The quantitative estimate of drug-likeness (QED) is 0.370. The van der Waals surface area contributed by atoms with E-state index in [2.05, 4.69) is 9.98 Å². The molecule has 0 aromatic heterocycles. The van der Waals surface area contributed by atoms with Gasteiger partial charge in [-0.1, -0.05) is 38.1 Å². The van der Waals surface area contributed by atoms with Gasteiger partial charge in [-0.2, -0.15) is 9.98 Å². The summed E-state index contributed by atoms with van der Waals surface area (Å²) in [6.07, 6.45) is 7.60. The van der Waals surface area contributed by atoms with Gasteiger partial charge in [-0.15, -0.1) is 0 Å². The summed E-state index contributed by atoms with van der Waals surface area (Å²) in [5, 5.41) is 16.9. The van der Waals surface area contributed by atoms with Crippen LogP contribution < -0.4 is 0 Å². The lowest BCUT2D eigenvalue weighted by atomic mass is 9.97. The molecule has 2 N–H and O–H groups in total. The monoisotopic (exact) mass is 468 g/mol. The van der Waals surface area contributed by atoms with E-state index in [4.69, 9.17) is 14.9 Å². The van der Waals surface area contributed by atoms with Gasteiger partial charge in [0.1, 0.15) is 0 Å². The van der Waals surface area contributed by atoms with Crippen molar-refractivity contribution in [2.45, 2.75) is 46.0 Å². The van der Waals surface area contributed by atoms with Crippen molar-refractivity contribution >= 4 is 29.5 Å². The Labute approximate surface area is 200 Å². The van der Waals surface area contributed by atoms with Gasteiger partial charge in [-0.05, 0) is 61.1 Å². The SMILES string of the molecule is CC(C)(CO)CO.O=C1CCCCCO1.O=C=Nc1ccc(Cc2ccc(N=C=O)cc2)cc1. The molecule has 182 valence electrons. The molecule has 2 aromatic carbocycles. The molecule has 0 amide bonds. The minimum atomic E-state index is -0.306. The first-order valence-electron chi connectivity index (χ1n) is 11.0. The molecule has 1 saturated heterocycles. The number of cyclic esters (lactones) is 1. The number of rotatable bonds is 6. The van der Waals surface area contributed by atoms with Crippen molar-refractivity contribution in [1.82, 2.24) is 0 Å². The molecule has 0 saturated carbocycles. The lowest BCUT2D eigenvalue weighted by Crippen LogP contribution is -2.20. The Morgan fingerprint density at radius 1 is 0.824 bits per heavy atom. The molecule has 0 atom stereocenters. The average molecular weight is 469 g/mol. The summed E-state index contributed by atoms with van der Waals surface area (Å²) < 4.78 is 4.76. The van der Waals surface area contributed by atoms with Crippen LogP contribution in [0.1, 0.15) is 50.7 Å². The molecule has 0 spiro atoms. The van der Waals surface area contributed by atoms with E-state index in [1.165, 1.54) is 12.2 Å². The van der Waals surface area contributed by atoms with Crippen LogP contribution in [0.2, 0.25) is 0 Å². The smallest absolute Gasteiger partial charge is 0.305 e. The second kappa shape index (κ2) is 16.2. The first-order chi connectivity index (χ1) is 16.3. The molecular formula is C26H32N2O6. The number of nitrogens with zero attached hydrogens (tertiary/aromatic N) is 2. The number of benzene rings is 2. The number of hydrogen-bond donors (Lipinski definition) is 2. The van der Waals surface area contributed by atoms with E-state index in [1.54, 1.807) is 38.1 Å². The first kappa shape index (κ1) is 28.6. The molecule has 34 heavy (non-hydrogen) atoms. The Bertz CT molecular complexity index is 882. The van der Waals surface area contributed by atoms with Crippen LogP contribution in [0.5, 0.6) is 0 Å². The molecule has 2 aromatic rings. The summed E-state index contributed by atoms with van der Waals surface area (Å²) in [7, 11) is 0. The van der Waals surface area contributed by atoms with E-state index < -0.39 is 0 Å². The number of aliphatic hydroxyl groups is 2. The van der Waals surface area contributed by atoms with Crippen LogP contribution in [0, 0.1) is 5.41 Å². The van der Waals surface area contributed by atoms with Crippen LogP contribution in [-0.4, -0.2) is 48.2 Å². The summed E-state index contributed by atoms with van der Waals surface area (Å²) >= 11 is 0. The van der Waals surface area contributed by atoms with E-state index in [0.717, 1.165) is 36.8 Å². The highest BCUT2D eigenvalue weighted by molar-refractivity contribution is 5.69. The topological polar surface area (TPSA) is 126 Å². The third-order valence-electron chi connectivity index (χ3n) is 4.77. The number of aliphatic hydroxyl groups excluding tert-OH is 2. The van der Waals surface area contributed by atoms with Crippen molar-refractivity contribution in [1.29, 1.82) is 0 Å². The minimum Gasteiger partial charge on any atom is -0.466 e. The lowest BCUT2D eigenvalue weighted by Gasteiger charge is -2.16. The van der Waals surface area contributed by atoms with E-state index in [9.17, 15) is 14.4 Å². The van der Waals surface area contributed by atoms with Gasteiger partial charge >= 0.3 is 5.97 Å². The molecule has 0 radical (unpaired) electrons. The molecule has 1 aliphatic rings. The highest BCUT2D eigenvalue weighted by Gasteiger charge is 2.13. The van der Waals surface area contributed by atoms with Crippen LogP contribution in [0.25, 0.3) is 0 Å². The Morgan fingerprint density at radius 3 is 1.68 bits per heavy atom. The van der Waals surface area contributed by atoms with E-state index in [0.29, 0.717) is 24.4 Å². The summed E-state index contributed by atoms with van der Waals surface area (Å²) in [4.78, 5) is 37.7. The van der Waals surface area contributed by atoms with Crippen molar-refractivity contribution in [2.75, 3.05) is 19.8 Å². The van der Waals surface area contributed by atoms with E-state index in [-0.39, 0.29) is 24.6 Å². The number of hydrogen-bond acceptors (Lipinski definition) is 8. The standard InChI is InChI=1S/C15H10N2O2.C6H10O2.C5H12O2/c18-10-16-14-5-1-12(2-6-14)9-13-3-7-15(8-4-13)17-11-19;7-6-4-2-1-3-5-8-6;1-5(2,3-6)4-7/h1-8H,9H2;1-5H2;6-7H,3-4H2,1-2H3. The second-order valence-electron chi connectivity index (χ2n) is 8.43. The van der Waals surface area contributed by atoms with E-state index in [1.807, 2.05) is 24.3 Å². The fourth-order valence-corrected chi connectivity index (χ4v) is 2.57. The summed E-state index contributed by atoms with van der Waals surface area (Å²) in [5.74, 6) is -0.0255. The summed E-state index contributed by atoms with van der Waals surface area (Å²) in [6.45, 7) is 4.33. The number of carbonyl (C=O) groups excluding carboxylic acids is 3. The third-order valence-corrected chi connectivity index (χ3v) is 4.77.